The molecule has 1 saturated heterocycles. The van der Waals surface area contributed by atoms with Gasteiger partial charge in [0.2, 0.25) is 0 Å². The molecule has 0 aliphatic carbocycles. The van der Waals surface area contributed by atoms with Gasteiger partial charge in [-0.25, -0.2) is 9.97 Å². The summed E-state index contributed by atoms with van der Waals surface area (Å²) in [5, 5.41) is 6.12. The summed E-state index contributed by atoms with van der Waals surface area (Å²) in [5.74, 6) is 0.551. The molecule has 2 rings (SSSR count). The maximum absolute atomic E-state index is 12.1. The third kappa shape index (κ3) is 4.97. The molecule has 1 amide bonds. The molecule has 0 spiro atoms. The fourth-order valence-corrected chi connectivity index (χ4v) is 2.49. The molecule has 2 heterocycles. The summed E-state index contributed by atoms with van der Waals surface area (Å²) in [7, 11) is 0. The zero-order valence-corrected chi connectivity index (χ0v) is 12.9. The minimum atomic E-state index is -0.156. The third-order valence-electron chi connectivity index (χ3n) is 3.55. The second kappa shape index (κ2) is 7.93. The number of aromatic nitrogens is 2. The maximum atomic E-state index is 12.1. The lowest BCUT2D eigenvalue weighted by Crippen LogP contribution is -2.41. The number of hydrogen-bond acceptors (Lipinski definition) is 5. The number of carbonyl (C=O) groups is 1. The van der Waals surface area contributed by atoms with Crippen LogP contribution < -0.4 is 10.6 Å². The van der Waals surface area contributed by atoms with Gasteiger partial charge in [0.1, 0.15) is 11.5 Å². The minimum absolute atomic E-state index is 0.121. The van der Waals surface area contributed by atoms with Crippen molar-refractivity contribution in [3.63, 3.8) is 0 Å². The van der Waals surface area contributed by atoms with Crippen LogP contribution in [0.25, 0.3) is 0 Å². The van der Waals surface area contributed by atoms with Gasteiger partial charge >= 0.3 is 0 Å². The van der Waals surface area contributed by atoms with E-state index in [0.717, 1.165) is 32.6 Å². The molecule has 116 valence electrons. The number of nitrogens with one attached hydrogen (secondary N) is 2. The molecular weight excluding hydrogens is 266 g/mol. The monoisotopic (exact) mass is 291 g/mol. The molecule has 1 aliphatic rings. The Morgan fingerprint density at radius 3 is 2.71 bits per heavy atom. The Bertz CT molecular complexity index is 442. The number of hydrogen-bond donors (Lipinski definition) is 2. The molecule has 1 fully saturated rings. The lowest BCUT2D eigenvalue weighted by atomic mass is 10.3. The van der Waals surface area contributed by atoms with Crippen LogP contribution in [0.2, 0.25) is 0 Å². The fraction of sp³-hybridized carbons (Fsp3) is 0.667. The second-order valence-corrected chi connectivity index (χ2v) is 5.60. The average molecular weight is 291 g/mol. The molecule has 1 aliphatic heterocycles. The summed E-state index contributed by atoms with van der Waals surface area (Å²) in [6.07, 6.45) is 6.68. The van der Waals surface area contributed by atoms with Crippen LogP contribution in [0, 0.1) is 0 Å². The Hall–Kier alpha value is -1.69. The molecule has 0 aromatic carbocycles. The largest absolute Gasteiger partial charge is 0.369 e. The lowest BCUT2D eigenvalue weighted by Gasteiger charge is -2.20. The molecule has 1 aromatic rings. The van der Waals surface area contributed by atoms with Gasteiger partial charge in [0.15, 0.2) is 0 Å². The van der Waals surface area contributed by atoms with Crippen molar-refractivity contribution in [3.8, 4) is 0 Å². The van der Waals surface area contributed by atoms with Crippen molar-refractivity contribution in [2.24, 2.45) is 0 Å². The first-order valence-electron chi connectivity index (χ1n) is 7.78. The zero-order valence-electron chi connectivity index (χ0n) is 12.9. The van der Waals surface area contributed by atoms with Crippen LogP contribution in [0.1, 0.15) is 43.6 Å². The first-order valence-corrected chi connectivity index (χ1v) is 7.78. The molecule has 1 aromatic heterocycles. The van der Waals surface area contributed by atoms with E-state index in [9.17, 15) is 4.79 Å². The van der Waals surface area contributed by atoms with Crippen molar-refractivity contribution in [2.45, 2.75) is 39.2 Å². The predicted molar refractivity (Wildman–Crippen MR) is 83.4 cm³/mol. The lowest BCUT2D eigenvalue weighted by molar-refractivity contribution is 0.0926. The van der Waals surface area contributed by atoms with Gasteiger partial charge in [-0.2, -0.15) is 0 Å². The van der Waals surface area contributed by atoms with E-state index in [4.69, 9.17) is 0 Å². The molecule has 0 radical (unpaired) electrons. The van der Waals surface area contributed by atoms with E-state index >= 15 is 0 Å². The number of anilines is 1. The van der Waals surface area contributed by atoms with Gasteiger partial charge in [0.25, 0.3) is 5.91 Å². The van der Waals surface area contributed by atoms with Crippen LogP contribution in [-0.2, 0) is 0 Å². The van der Waals surface area contributed by atoms with Gasteiger partial charge in [0.05, 0.1) is 12.4 Å². The zero-order chi connectivity index (χ0) is 15.1. The Balaban J connectivity index is 1.81. The first kappa shape index (κ1) is 15.7. The van der Waals surface area contributed by atoms with Gasteiger partial charge in [-0.15, -0.1) is 0 Å². The van der Waals surface area contributed by atoms with E-state index in [1.807, 2.05) is 6.92 Å². The van der Waals surface area contributed by atoms with Gasteiger partial charge in [-0.1, -0.05) is 6.92 Å². The number of carbonyl (C=O) groups excluding carboxylic acids is 1. The fourth-order valence-electron chi connectivity index (χ4n) is 2.49. The summed E-state index contributed by atoms with van der Waals surface area (Å²) >= 11 is 0. The van der Waals surface area contributed by atoms with Gasteiger partial charge < -0.3 is 15.5 Å². The van der Waals surface area contributed by atoms with Crippen molar-refractivity contribution in [1.82, 2.24) is 20.2 Å². The molecule has 0 bridgehead atoms. The number of likely N-dealkylation sites (tertiary alicyclic amines) is 1. The molecule has 21 heavy (non-hydrogen) atoms. The molecular formula is C15H25N5O. The second-order valence-electron chi connectivity index (χ2n) is 5.60. The highest BCUT2D eigenvalue weighted by Crippen LogP contribution is 2.08. The van der Waals surface area contributed by atoms with Crippen molar-refractivity contribution >= 4 is 11.7 Å². The van der Waals surface area contributed by atoms with Crippen LogP contribution in [0.15, 0.2) is 12.4 Å². The van der Waals surface area contributed by atoms with E-state index < -0.39 is 0 Å². The van der Waals surface area contributed by atoms with Gasteiger partial charge in [0, 0.05) is 19.1 Å². The minimum Gasteiger partial charge on any atom is -0.369 e. The summed E-state index contributed by atoms with van der Waals surface area (Å²) in [6, 6.07) is 0.121. The summed E-state index contributed by atoms with van der Waals surface area (Å²) in [6.45, 7) is 8.14. The van der Waals surface area contributed by atoms with Crippen molar-refractivity contribution in [2.75, 3.05) is 31.5 Å². The van der Waals surface area contributed by atoms with E-state index in [1.165, 1.54) is 19.0 Å². The molecule has 1 unspecified atom stereocenters. The number of nitrogens with zero attached hydrogens (tertiary/aromatic N) is 3. The summed E-state index contributed by atoms with van der Waals surface area (Å²) in [4.78, 5) is 22.9. The Morgan fingerprint density at radius 2 is 2.10 bits per heavy atom. The van der Waals surface area contributed by atoms with E-state index in [0.29, 0.717) is 11.5 Å². The molecule has 6 heteroatoms. The molecule has 1 atom stereocenters. The Labute approximate surface area is 126 Å². The van der Waals surface area contributed by atoms with Crippen LogP contribution in [0.5, 0.6) is 0 Å². The highest BCUT2D eigenvalue weighted by Gasteiger charge is 2.17. The maximum Gasteiger partial charge on any atom is 0.271 e. The smallest absolute Gasteiger partial charge is 0.271 e. The summed E-state index contributed by atoms with van der Waals surface area (Å²) in [5.41, 5.74) is 0.366. The quantitative estimate of drug-likeness (QED) is 0.797. The normalized spacial score (nSPS) is 16.7. The number of amides is 1. The predicted octanol–water partition coefficient (Wildman–Crippen LogP) is 1.51. The van der Waals surface area contributed by atoms with Crippen LogP contribution in [-0.4, -0.2) is 53.0 Å². The van der Waals surface area contributed by atoms with Gasteiger partial charge in [-0.3, -0.25) is 4.79 Å². The number of rotatable bonds is 7. The summed E-state index contributed by atoms with van der Waals surface area (Å²) < 4.78 is 0. The van der Waals surface area contributed by atoms with Gasteiger partial charge in [-0.05, 0) is 39.3 Å². The Morgan fingerprint density at radius 1 is 1.33 bits per heavy atom. The molecule has 2 N–H and O–H groups in total. The Kier molecular flexibility index (Phi) is 5.92. The van der Waals surface area contributed by atoms with Crippen LogP contribution in [0.3, 0.4) is 0 Å². The van der Waals surface area contributed by atoms with E-state index in [2.05, 4.69) is 32.4 Å². The third-order valence-corrected chi connectivity index (χ3v) is 3.55. The average Bonchev–Trinajstić information content (AvgIpc) is 2.98. The highest BCUT2D eigenvalue weighted by atomic mass is 16.1. The van der Waals surface area contributed by atoms with Crippen LogP contribution >= 0.6 is 0 Å². The topological polar surface area (TPSA) is 70.2 Å². The standard InChI is InChI=1S/C15H25N5O/c1-3-6-16-14-10-17-13(9-18-14)15(21)19-12(2)11-20-7-4-5-8-20/h9-10,12H,3-8,11H2,1-2H3,(H,16,18)(H,19,21). The molecule has 0 saturated carbocycles. The first-order chi connectivity index (χ1) is 10.2. The highest BCUT2D eigenvalue weighted by molar-refractivity contribution is 5.92. The SMILES string of the molecule is CCCNc1cnc(C(=O)NC(C)CN2CCCC2)cn1. The van der Waals surface area contributed by atoms with Crippen molar-refractivity contribution < 1.29 is 4.79 Å². The van der Waals surface area contributed by atoms with E-state index in [1.54, 1.807) is 6.20 Å². The van der Waals surface area contributed by atoms with Crippen molar-refractivity contribution in [3.05, 3.63) is 18.1 Å². The van der Waals surface area contributed by atoms with Crippen LogP contribution in [0.4, 0.5) is 5.82 Å². The van der Waals surface area contributed by atoms with E-state index in [-0.39, 0.29) is 11.9 Å². The molecule has 6 nitrogen and oxygen atoms in total. The van der Waals surface area contributed by atoms with Crippen molar-refractivity contribution in [1.29, 1.82) is 0 Å².